The number of amides is 1. The number of anilines is 1. The maximum atomic E-state index is 12.4. The summed E-state index contributed by atoms with van der Waals surface area (Å²) in [7, 11) is 0. The SMILES string of the molecule is NCCn1cc(C(=O)Nc2nccs2)c2ccccc21. The van der Waals surface area contributed by atoms with E-state index in [0.29, 0.717) is 23.8 Å². The van der Waals surface area contributed by atoms with E-state index in [1.165, 1.54) is 11.3 Å². The Morgan fingerprint density at radius 2 is 2.25 bits per heavy atom. The zero-order valence-electron chi connectivity index (χ0n) is 10.7. The Morgan fingerprint density at radius 3 is 3.00 bits per heavy atom. The van der Waals surface area contributed by atoms with Gasteiger partial charge in [0.25, 0.3) is 5.91 Å². The number of nitrogens with zero attached hydrogens (tertiary/aromatic N) is 2. The molecule has 3 aromatic rings. The van der Waals surface area contributed by atoms with Gasteiger partial charge in [-0.25, -0.2) is 4.98 Å². The quantitative estimate of drug-likeness (QED) is 0.773. The molecule has 20 heavy (non-hydrogen) atoms. The second-order valence-electron chi connectivity index (χ2n) is 4.33. The number of nitrogens with one attached hydrogen (secondary N) is 1. The minimum atomic E-state index is -0.146. The molecule has 0 aliphatic heterocycles. The van der Waals surface area contributed by atoms with Crippen LogP contribution in [0.2, 0.25) is 0 Å². The topological polar surface area (TPSA) is 72.9 Å². The van der Waals surface area contributed by atoms with Crippen LogP contribution in [0.5, 0.6) is 0 Å². The summed E-state index contributed by atoms with van der Waals surface area (Å²) in [6, 6.07) is 7.82. The van der Waals surface area contributed by atoms with Gasteiger partial charge in [0.05, 0.1) is 5.56 Å². The summed E-state index contributed by atoms with van der Waals surface area (Å²) in [5.41, 5.74) is 7.28. The molecule has 1 aromatic carbocycles. The molecular formula is C14H14N4OS. The highest BCUT2D eigenvalue weighted by Crippen LogP contribution is 2.22. The lowest BCUT2D eigenvalue weighted by Gasteiger charge is -2.00. The predicted molar refractivity (Wildman–Crippen MR) is 81.1 cm³/mol. The number of aromatic nitrogens is 2. The minimum Gasteiger partial charge on any atom is -0.345 e. The molecule has 102 valence electrons. The number of nitrogens with two attached hydrogens (primary N) is 1. The largest absolute Gasteiger partial charge is 0.345 e. The second kappa shape index (κ2) is 5.44. The number of rotatable bonds is 4. The first-order valence-electron chi connectivity index (χ1n) is 6.28. The molecule has 0 unspecified atom stereocenters. The Kier molecular flexibility index (Phi) is 3.49. The monoisotopic (exact) mass is 286 g/mol. The van der Waals surface area contributed by atoms with Crippen molar-refractivity contribution >= 4 is 33.3 Å². The van der Waals surface area contributed by atoms with Crippen molar-refractivity contribution in [2.24, 2.45) is 5.73 Å². The summed E-state index contributed by atoms with van der Waals surface area (Å²) in [5, 5.41) is 6.16. The summed E-state index contributed by atoms with van der Waals surface area (Å²) < 4.78 is 2.01. The molecule has 2 heterocycles. The normalized spacial score (nSPS) is 10.8. The molecule has 5 nitrogen and oxygen atoms in total. The van der Waals surface area contributed by atoms with Gasteiger partial charge in [0, 0.05) is 41.8 Å². The molecule has 0 saturated carbocycles. The smallest absolute Gasteiger partial charge is 0.259 e. The standard InChI is InChI=1S/C14H14N4OS/c15-5-7-18-9-11(10-3-1-2-4-12(10)18)13(19)17-14-16-6-8-20-14/h1-4,6,8-9H,5,7,15H2,(H,16,17,19). The van der Waals surface area contributed by atoms with Gasteiger partial charge in [-0.3, -0.25) is 10.1 Å². The van der Waals surface area contributed by atoms with Crippen molar-refractivity contribution in [1.82, 2.24) is 9.55 Å². The van der Waals surface area contributed by atoms with Gasteiger partial charge in [0.1, 0.15) is 0 Å². The van der Waals surface area contributed by atoms with Crippen LogP contribution in [-0.4, -0.2) is 22.0 Å². The number of fused-ring (bicyclic) bond motifs is 1. The number of hydrogen-bond donors (Lipinski definition) is 2. The van der Waals surface area contributed by atoms with Crippen molar-refractivity contribution in [3.05, 3.63) is 47.6 Å². The third kappa shape index (κ3) is 2.31. The van der Waals surface area contributed by atoms with Gasteiger partial charge in [-0.2, -0.15) is 0 Å². The van der Waals surface area contributed by atoms with Gasteiger partial charge >= 0.3 is 0 Å². The van der Waals surface area contributed by atoms with Crippen LogP contribution in [0.25, 0.3) is 10.9 Å². The van der Waals surface area contributed by atoms with Crippen molar-refractivity contribution in [3.63, 3.8) is 0 Å². The van der Waals surface area contributed by atoms with E-state index in [0.717, 1.165) is 10.9 Å². The third-order valence-corrected chi connectivity index (χ3v) is 3.74. The molecule has 0 aliphatic rings. The molecule has 6 heteroatoms. The fourth-order valence-corrected chi connectivity index (χ4v) is 2.73. The van der Waals surface area contributed by atoms with Gasteiger partial charge in [-0.15, -0.1) is 11.3 Å². The Hall–Kier alpha value is -2.18. The van der Waals surface area contributed by atoms with Crippen LogP contribution in [0.3, 0.4) is 0 Å². The maximum Gasteiger partial charge on any atom is 0.259 e. The molecule has 0 bridgehead atoms. The highest BCUT2D eigenvalue weighted by atomic mass is 32.1. The van der Waals surface area contributed by atoms with Crippen molar-refractivity contribution in [1.29, 1.82) is 0 Å². The van der Waals surface area contributed by atoms with Crippen LogP contribution in [-0.2, 0) is 6.54 Å². The fraction of sp³-hybridized carbons (Fsp3) is 0.143. The van der Waals surface area contributed by atoms with E-state index >= 15 is 0 Å². The van der Waals surface area contributed by atoms with Crippen LogP contribution in [0.1, 0.15) is 10.4 Å². The summed E-state index contributed by atoms with van der Waals surface area (Å²) in [5.74, 6) is -0.146. The molecule has 0 atom stereocenters. The van der Waals surface area contributed by atoms with Gasteiger partial charge in [-0.05, 0) is 6.07 Å². The lowest BCUT2D eigenvalue weighted by molar-refractivity contribution is 0.102. The van der Waals surface area contributed by atoms with Crippen molar-refractivity contribution in [2.75, 3.05) is 11.9 Å². The van der Waals surface area contributed by atoms with Crippen LogP contribution in [0, 0.1) is 0 Å². The Balaban J connectivity index is 2.00. The third-order valence-electron chi connectivity index (χ3n) is 3.06. The Bertz CT molecular complexity index is 733. The van der Waals surface area contributed by atoms with Gasteiger partial charge in [0.15, 0.2) is 5.13 Å². The summed E-state index contributed by atoms with van der Waals surface area (Å²) in [6.45, 7) is 1.22. The molecular weight excluding hydrogens is 272 g/mol. The number of benzene rings is 1. The number of para-hydroxylation sites is 1. The maximum absolute atomic E-state index is 12.4. The lowest BCUT2D eigenvalue weighted by atomic mass is 10.1. The van der Waals surface area contributed by atoms with Gasteiger partial charge < -0.3 is 10.3 Å². The summed E-state index contributed by atoms with van der Waals surface area (Å²) in [4.78, 5) is 16.4. The molecule has 0 saturated heterocycles. The Labute approximate surface area is 120 Å². The fourth-order valence-electron chi connectivity index (χ4n) is 2.20. The van der Waals surface area contributed by atoms with E-state index in [4.69, 9.17) is 5.73 Å². The number of carbonyl (C=O) groups is 1. The molecule has 0 radical (unpaired) electrons. The van der Waals surface area contributed by atoms with E-state index in [2.05, 4.69) is 10.3 Å². The molecule has 3 N–H and O–H groups in total. The number of hydrogen-bond acceptors (Lipinski definition) is 4. The van der Waals surface area contributed by atoms with Crippen LogP contribution >= 0.6 is 11.3 Å². The van der Waals surface area contributed by atoms with Crippen molar-refractivity contribution in [3.8, 4) is 0 Å². The molecule has 2 aromatic heterocycles. The molecule has 0 spiro atoms. The lowest BCUT2D eigenvalue weighted by Crippen LogP contribution is -2.12. The van der Waals surface area contributed by atoms with E-state index in [1.54, 1.807) is 6.20 Å². The van der Waals surface area contributed by atoms with E-state index in [9.17, 15) is 4.79 Å². The Morgan fingerprint density at radius 1 is 1.40 bits per heavy atom. The average Bonchev–Trinajstić information content (AvgIpc) is 3.08. The summed E-state index contributed by atoms with van der Waals surface area (Å²) >= 11 is 1.40. The van der Waals surface area contributed by atoms with Crippen LogP contribution in [0.4, 0.5) is 5.13 Å². The first-order chi connectivity index (χ1) is 9.79. The number of carbonyl (C=O) groups excluding carboxylic acids is 1. The first kappa shape index (κ1) is 12.8. The number of thiazole rings is 1. The highest BCUT2D eigenvalue weighted by Gasteiger charge is 2.15. The zero-order chi connectivity index (χ0) is 13.9. The second-order valence-corrected chi connectivity index (χ2v) is 5.23. The van der Waals surface area contributed by atoms with E-state index < -0.39 is 0 Å². The van der Waals surface area contributed by atoms with Gasteiger partial charge in [-0.1, -0.05) is 18.2 Å². The van der Waals surface area contributed by atoms with Crippen molar-refractivity contribution < 1.29 is 4.79 Å². The average molecular weight is 286 g/mol. The van der Waals surface area contributed by atoms with E-state index in [-0.39, 0.29) is 5.91 Å². The predicted octanol–water partition coefficient (Wildman–Crippen LogP) is 2.31. The minimum absolute atomic E-state index is 0.146. The molecule has 3 rings (SSSR count). The molecule has 0 aliphatic carbocycles. The first-order valence-corrected chi connectivity index (χ1v) is 7.16. The van der Waals surface area contributed by atoms with Gasteiger partial charge in [0.2, 0.25) is 0 Å². The van der Waals surface area contributed by atoms with E-state index in [1.807, 2.05) is 40.4 Å². The molecule has 1 amide bonds. The van der Waals surface area contributed by atoms with Crippen LogP contribution in [0.15, 0.2) is 42.0 Å². The zero-order valence-corrected chi connectivity index (χ0v) is 11.6. The van der Waals surface area contributed by atoms with Crippen molar-refractivity contribution in [2.45, 2.75) is 6.54 Å². The molecule has 0 fully saturated rings. The summed E-state index contributed by atoms with van der Waals surface area (Å²) in [6.07, 6.45) is 3.51. The highest BCUT2D eigenvalue weighted by molar-refractivity contribution is 7.13. The van der Waals surface area contributed by atoms with Crippen LogP contribution < -0.4 is 11.1 Å².